The molecular weight excluding hydrogens is 378 g/mol. The van der Waals surface area contributed by atoms with E-state index < -0.39 is 15.3 Å². The Morgan fingerprint density at radius 1 is 1.04 bits per heavy atom. The van der Waals surface area contributed by atoms with Gasteiger partial charge in [-0.25, -0.2) is 8.42 Å². The lowest BCUT2D eigenvalue weighted by molar-refractivity contribution is 0.102. The van der Waals surface area contributed by atoms with Crippen LogP contribution in [0, 0.1) is 0 Å². The first-order chi connectivity index (χ1) is 13.3. The van der Waals surface area contributed by atoms with Gasteiger partial charge in [-0.2, -0.15) is 0 Å². The molecule has 0 bridgehead atoms. The van der Waals surface area contributed by atoms with Crippen molar-refractivity contribution in [2.24, 2.45) is 0 Å². The monoisotopic (exact) mass is 403 g/mol. The first-order valence-electron chi connectivity index (χ1n) is 9.21. The number of amides is 1. The van der Waals surface area contributed by atoms with Crippen molar-refractivity contribution in [3.05, 3.63) is 54.1 Å². The van der Waals surface area contributed by atoms with E-state index in [0.717, 1.165) is 18.8 Å². The number of benzene rings is 2. The molecule has 2 N–H and O–H groups in total. The zero-order chi connectivity index (χ0) is 20.1. The van der Waals surface area contributed by atoms with E-state index in [1.165, 1.54) is 0 Å². The standard InChI is InChI=1S/C20H25N3O4S/c1-15(2)28(25,26)22-17-8-6-16(7-9-17)20(24)21-18-4-3-5-19(14-18)23-10-12-27-13-11-23/h3-9,14-15,22H,10-13H2,1-2H3,(H,21,24). The maximum atomic E-state index is 12.5. The minimum Gasteiger partial charge on any atom is -0.378 e. The van der Waals surface area contributed by atoms with Gasteiger partial charge in [0.15, 0.2) is 0 Å². The van der Waals surface area contributed by atoms with Gasteiger partial charge in [-0.1, -0.05) is 6.07 Å². The van der Waals surface area contributed by atoms with Crippen LogP contribution in [0.2, 0.25) is 0 Å². The van der Waals surface area contributed by atoms with E-state index in [1.54, 1.807) is 38.1 Å². The molecule has 1 fully saturated rings. The smallest absolute Gasteiger partial charge is 0.255 e. The van der Waals surface area contributed by atoms with Gasteiger partial charge < -0.3 is 15.0 Å². The van der Waals surface area contributed by atoms with Crippen LogP contribution in [-0.4, -0.2) is 45.9 Å². The van der Waals surface area contributed by atoms with E-state index in [1.807, 2.05) is 24.3 Å². The third-order valence-corrected chi connectivity index (χ3v) is 6.27. The molecule has 8 heteroatoms. The summed E-state index contributed by atoms with van der Waals surface area (Å²) in [5.74, 6) is -0.252. The van der Waals surface area contributed by atoms with Crippen LogP contribution in [0.15, 0.2) is 48.5 Å². The van der Waals surface area contributed by atoms with Crippen molar-refractivity contribution in [1.82, 2.24) is 0 Å². The van der Waals surface area contributed by atoms with E-state index >= 15 is 0 Å². The van der Waals surface area contributed by atoms with Gasteiger partial charge in [0.25, 0.3) is 5.91 Å². The van der Waals surface area contributed by atoms with Gasteiger partial charge in [0.1, 0.15) is 0 Å². The number of morpholine rings is 1. The van der Waals surface area contributed by atoms with Crippen LogP contribution < -0.4 is 14.9 Å². The topological polar surface area (TPSA) is 87.7 Å². The Kier molecular flexibility index (Phi) is 6.21. The summed E-state index contributed by atoms with van der Waals surface area (Å²) in [5.41, 5.74) is 2.63. The quantitative estimate of drug-likeness (QED) is 0.774. The maximum absolute atomic E-state index is 12.5. The summed E-state index contributed by atoms with van der Waals surface area (Å²) >= 11 is 0. The number of ether oxygens (including phenoxy) is 1. The van der Waals surface area contributed by atoms with Gasteiger partial charge in [0, 0.05) is 35.7 Å². The summed E-state index contributed by atoms with van der Waals surface area (Å²) in [5, 5.41) is 2.35. The second-order valence-corrected chi connectivity index (χ2v) is 9.11. The zero-order valence-corrected chi connectivity index (χ0v) is 16.8. The molecule has 0 aliphatic carbocycles. The molecule has 1 saturated heterocycles. The highest BCUT2D eigenvalue weighted by Crippen LogP contribution is 2.21. The number of nitrogens with zero attached hydrogens (tertiary/aromatic N) is 1. The Balaban J connectivity index is 1.66. The molecule has 0 radical (unpaired) electrons. The highest BCUT2D eigenvalue weighted by atomic mass is 32.2. The molecule has 1 amide bonds. The number of hydrogen-bond acceptors (Lipinski definition) is 5. The molecule has 3 rings (SSSR count). The SMILES string of the molecule is CC(C)S(=O)(=O)Nc1ccc(C(=O)Nc2cccc(N3CCOCC3)c2)cc1. The molecule has 2 aromatic carbocycles. The molecule has 0 saturated carbocycles. The number of hydrogen-bond donors (Lipinski definition) is 2. The number of sulfonamides is 1. The van der Waals surface area contributed by atoms with Crippen LogP contribution in [0.1, 0.15) is 24.2 Å². The van der Waals surface area contributed by atoms with Crippen molar-refractivity contribution in [3.63, 3.8) is 0 Å². The van der Waals surface area contributed by atoms with E-state index in [0.29, 0.717) is 30.2 Å². The second kappa shape index (κ2) is 8.62. The van der Waals surface area contributed by atoms with E-state index in [2.05, 4.69) is 14.9 Å². The van der Waals surface area contributed by atoms with Gasteiger partial charge >= 0.3 is 0 Å². The van der Waals surface area contributed by atoms with Crippen LogP contribution in [0.4, 0.5) is 17.1 Å². The zero-order valence-electron chi connectivity index (χ0n) is 16.0. The summed E-state index contributed by atoms with van der Waals surface area (Å²) in [6, 6.07) is 14.1. The second-order valence-electron chi connectivity index (χ2n) is 6.88. The summed E-state index contributed by atoms with van der Waals surface area (Å²) < 4.78 is 31.7. The number of nitrogens with one attached hydrogen (secondary N) is 2. The van der Waals surface area contributed by atoms with Gasteiger partial charge in [0.2, 0.25) is 10.0 Å². The summed E-state index contributed by atoms with van der Waals surface area (Å²) in [7, 11) is -3.41. The first kappa shape index (κ1) is 20.2. The third kappa shape index (κ3) is 5.02. The lowest BCUT2D eigenvalue weighted by atomic mass is 10.2. The van der Waals surface area contributed by atoms with Crippen LogP contribution in [0.25, 0.3) is 0 Å². The van der Waals surface area contributed by atoms with Gasteiger partial charge in [-0.3, -0.25) is 9.52 Å². The molecular formula is C20H25N3O4S. The fourth-order valence-corrected chi connectivity index (χ4v) is 3.48. The molecule has 0 spiro atoms. The van der Waals surface area contributed by atoms with Crippen molar-refractivity contribution in [2.45, 2.75) is 19.1 Å². The normalized spacial score (nSPS) is 14.8. The summed E-state index contributed by atoms with van der Waals surface area (Å²) in [4.78, 5) is 14.7. The lowest BCUT2D eigenvalue weighted by Gasteiger charge is -2.29. The molecule has 1 aliphatic rings. The number of anilines is 3. The molecule has 1 heterocycles. The molecule has 0 atom stereocenters. The molecule has 150 valence electrons. The predicted octanol–water partition coefficient (Wildman–Crippen LogP) is 2.93. The number of rotatable bonds is 6. The van der Waals surface area contributed by atoms with Crippen molar-refractivity contribution < 1.29 is 17.9 Å². The molecule has 0 unspecified atom stereocenters. The van der Waals surface area contributed by atoms with Crippen molar-refractivity contribution in [1.29, 1.82) is 0 Å². The van der Waals surface area contributed by atoms with Crippen LogP contribution >= 0.6 is 0 Å². The minimum atomic E-state index is -3.41. The van der Waals surface area contributed by atoms with Crippen LogP contribution in [0.5, 0.6) is 0 Å². The van der Waals surface area contributed by atoms with E-state index in [-0.39, 0.29) is 5.91 Å². The maximum Gasteiger partial charge on any atom is 0.255 e. The average Bonchev–Trinajstić information content (AvgIpc) is 2.69. The average molecular weight is 404 g/mol. The predicted molar refractivity (Wildman–Crippen MR) is 112 cm³/mol. The largest absolute Gasteiger partial charge is 0.378 e. The fourth-order valence-electron chi connectivity index (χ4n) is 2.78. The highest BCUT2D eigenvalue weighted by molar-refractivity contribution is 7.93. The van der Waals surface area contributed by atoms with Gasteiger partial charge in [-0.15, -0.1) is 0 Å². The van der Waals surface area contributed by atoms with Crippen LogP contribution in [-0.2, 0) is 14.8 Å². The van der Waals surface area contributed by atoms with Crippen LogP contribution in [0.3, 0.4) is 0 Å². The third-order valence-electron chi connectivity index (χ3n) is 4.51. The fraction of sp³-hybridized carbons (Fsp3) is 0.350. The lowest BCUT2D eigenvalue weighted by Crippen LogP contribution is -2.36. The highest BCUT2D eigenvalue weighted by Gasteiger charge is 2.16. The van der Waals surface area contributed by atoms with Gasteiger partial charge in [0.05, 0.1) is 18.5 Å². The Hall–Kier alpha value is -2.58. The molecule has 28 heavy (non-hydrogen) atoms. The van der Waals surface area contributed by atoms with E-state index in [9.17, 15) is 13.2 Å². The van der Waals surface area contributed by atoms with Crippen molar-refractivity contribution in [2.75, 3.05) is 41.2 Å². The number of carbonyl (C=O) groups is 1. The number of carbonyl (C=O) groups excluding carboxylic acids is 1. The Labute approximate surface area is 165 Å². The van der Waals surface area contributed by atoms with Crippen molar-refractivity contribution in [3.8, 4) is 0 Å². The molecule has 1 aliphatic heterocycles. The molecule has 0 aromatic heterocycles. The Morgan fingerprint density at radius 2 is 1.71 bits per heavy atom. The van der Waals surface area contributed by atoms with E-state index in [4.69, 9.17) is 4.74 Å². The Bertz CT molecular complexity index is 921. The molecule has 2 aromatic rings. The summed E-state index contributed by atoms with van der Waals surface area (Å²) in [6.07, 6.45) is 0. The first-order valence-corrected chi connectivity index (χ1v) is 10.8. The minimum absolute atomic E-state index is 0.252. The van der Waals surface area contributed by atoms with Gasteiger partial charge in [-0.05, 0) is 56.3 Å². The summed E-state index contributed by atoms with van der Waals surface area (Å²) in [6.45, 7) is 6.26. The Morgan fingerprint density at radius 3 is 2.36 bits per heavy atom. The molecule has 7 nitrogen and oxygen atoms in total. The van der Waals surface area contributed by atoms with Crippen molar-refractivity contribution >= 4 is 33.0 Å².